The maximum Gasteiger partial charge on any atom is 0.227 e. The Bertz CT molecular complexity index is 799. The van der Waals surface area contributed by atoms with Crippen molar-refractivity contribution in [2.24, 2.45) is 0 Å². The van der Waals surface area contributed by atoms with Crippen LogP contribution in [0.3, 0.4) is 0 Å². The summed E-state index contributed by atoms with van der Waals surface area (Å²) in [5, 5.41) is 6.15. The molecule has 1 amide bonds. The summed E-state index contributed by atoms with van der Waals surface area (Å²) in [6, 6.07) is 20.1. The summed E-state index contributed by atoms with van der Waals surface area (Å²) in [7, 11) is 0. The van der Waals surface area contributed by atoms with Crippen molar-refractivity contribution in [3.63, 3.8) is 0 Å². The van der Waals surface area contributed by atoms with Gasteiger partial charge in [0.1, 0.15) is 5.01 Å². The van der Waals surface area contributed by atoms with E-state index in [1.165, 1.54) is 0 Å². The highest BCUT2D eigenvalue weighted by Gasteiger charge is 2.17. The molecule has 4 heteroatoms. The summed E-state index contributed by atoms with van der Waals surface area (Å²) in [6.45, 7) is 2.66. The molecule has 3 aromatic rings. The first kappa shape index (κ1) is 17.4. The average molecular weight is 350 g/mol. The van der Waals surface area contributed by atoms with Crippen LogP contribution in [0.2, 0.25) is 0 Å². The van der Waals surface area contributed by atoms with Crippen molar-refractivity contribution in [3.05, 3.63) is 77.3 Å². The monoisotopic (exact) mass is 350 g/mol. The first-order valence-corrected chi connectivity index (χ1v) is 9.48. The zero-order valence-corrected chi connectivity index (χ0v) is 15.1. The van der Waals surface area contributed by atoms with Gasteiger partial charge in [0.25, 0.3) is 0 Å². The van der Waals surface area contributed by atoms with Crippen molar-refractivity contribution < 1.29 is 4.79 Å². The fourth-order valence-electron chi connectivity index (χ4n) is 2.83. The standard InChI is InChI=1S/C21H22N2OS/c1-2-19(16-9-5-3-6-10-16)20(24)22-14-13-18-15-25-21(23-18)17-11-7-4-8-12-17/h3-12,15,19H,2,13-14H2,1H3,(H,22,24). The van der Waals surface area contributed by atoms with E-state index in [1.807, 2.05) is 55.5 Å². The normalized spacial score (nSPS) is 11.9. The van der Waals surface area contributed by atoms with E-state index >= 15 is 0 Å². The number of rotatable bonds is 7. The molecule has 128 valence electrons. The van der Waals surface area contributed by atoms with Gasteiger partial charge in [-0.2, -0.15) is 0 Å². The lowest BCUT2D eigenvalue weighted by Gasteiger charge is -2.15. The summed E-state index contributed by atoms with van der Waals surface area (Å²) < 4.78 is 0. The lowest BCUT2D eigenvalue weighted by molar-refractivity contribution is -0.122. The number of hydrogen-bond donors (Lipinski definition) is 1. The zero-order chi connectivity index (χ0) is 17.5. The Morgan fingerprint density at radius 2 is 1.76 bits per heavy atom. The molecule has 0 fully saturated rings. The summed E-state index contributed by atoms with van der Waals surface area (Å²) in [5.41, 5.74) is 3.23. The Morgan fingerprint density at radius 3 is 2.44 bits per heavy atom. The van der Waals surface area contributed by atoms with Gasteiger partial charge in [-0.3, -0.25) is 4.79 Å². The van der Waals surface area contributed by atoms with Crippen LogP contribution in [-0.4, -0.2) is 17.4 Å². The lowest BCUT2D eigenvalue weighted by atomic mass is 9.96. The third-order valence-electron chi connectivity index (χ3n) is 4.18. The molecule has 0 aliphatic rings. The number of hydrogen-bond acceptors (Lipinski definition) is 3. The number of benzene rings is 2. The van der Waals surface area contributed by atoms with Gasteiger partial charge in [-0.05, 0) is 12.0 Å². The molecule has 0 spiro atoms. The molecule has 3 nitrogen and oxygen atoms in total. The van der Waals surface area contributed by atoms with Crippen LogP contribution in [0.4, 0.5) is 0 Å². The van der Waals surface area contributed by atoms with Crippen LogP contribution in [0.5, 0.6) is 0 Å². The van der Waals surface area contributed by atoms with E-state index in [0.29, 0.717) is 6.54 Å². The zero-order valence-electron chi connectivity index (χ0n) is 14.3. The average Bonchev–Trinajstić information content (AvgIpc) is 3.13. The van der Waals surface area contributed by atoms with Crippen LogP contribution in [0.1, 0.15) is 30.5 Å². The molecule has 25 heavy (non-hydrogen) atoms. The minimum absolute atomic E-state index is 0.0866. The van der Waals surface area contributed by atoms with E-state index in [-0.39, 0.29) is 11.8 Å². The van der Waals surface area contributed by atoms with Crippen molar-refractivity contribution in [1.29, 1.82) is 0 Å². The first-order valence-electron chi connectivity index (χ1n) is 8.60. The van der Waals surface area contributed by atoms with Gasteiger partial charge < -0.3 is 5.32 Å². The molecule has 1 aromatic heterocycles. The molecule has 1 atom stereocenters. The number of amides is 1. The van der Waals surface area contributed by atoms with Crippen LogP contribution in [0, 0.1) is 0 Å². The van der Waals surface area contributed by atoms with Crippen molar-refractivity contribution >= 4 is 17.2 Å². The van der Waals surface area contributed by atoms with Crippen LogP contribution < -0.4 is 5.32 Å². The molecule has 0 aliphatic carbocycles. The first-order chi connectivity index (χ1) is 12.3. The summed E-state index contributed by atoms with van der Waals surface area (Å²) in [6.07, 6.45) is 1.55. The minimum Gasteiger partial charge on any atom is -0.355 e. The topological polar surface area (TPSA) is 42.0 Å². The fraction of sp³-hybridized carbons (Fsp3) is 0.238. The molecule has 0 radical (unpaired) electrons. The number of nitrogens with zero attached hydrogens (tertiary/aromatic N) is 1. The molecule has 0 aliphatic heterocycles. The molecule has 0 saturated heterocycles. The molecular formula is C21H22N2OS. The largest absolute Gasteiger partial charge is 0.355 e. The number of nitrogens with one attached hydrogen (secondary N) is 1. The number of carbonyl (C=O) groups is 1. The maximum absolute atomic E-state index is 12.5. The Kier molecular flexibility index (Phi) is 5.96. The van der Waals surface area contributed by atoms with Crippen LogP contribution >= 0.6 is 11.3 Å². The van der Waals surface area contributed by atoms with Crippen LogP contribution in [0.25, 0.3) is 10.6 Å². The quantitative estimate of drug-likeness (QED) is 0.673. The van der Waals surface area contributed by atoms with Crippen molar-refractivity contribution in [1.82, 2.24) is 10.3 Å². The lowest BCUT2D eigenvalue weighted by Crippen LogP contribution is -2.30. The Labute approximate surface area is 152 Å². The van der Waals surface area contributed by atoms with E-state index in [1.54, 1.807) is 11.3 Å². The molecule has 0 bridgehead atoms. The van der Waals surface area contributed by atoms with Gasteiger partial charge in [0, 0.05) is 23.9 Å². The molecule has 2 aromatic carbocycles. The van der Waals surface area contributed by atoms with Gasteiger partial charge in [-0.1, -0.05) is 67.6 Å². The molecular weight excluding hydrogens is 328 g/mol. The molecule has 0 saturated carbocycles. The second kappa shape index (κ2) is 8.58. The van der Waals surface area contributed by atoms with Gasteiger partial charge in [-0.25, -0.2) is 4.98 Å². The highest BCUT2D eigenvalue weighted by Crippen LogP contribution is 2.23. The van der Waals surface area contributed by atoms with E-state index in [0.717, 1.165) is 34.7 Å². The second-order valence-corrected chi connectivity index (χ2v) is 6.78. The highest BCUT2D eigenvalue weighted by atomic mass is 32.1. The van der Waals surface area contributed by atoms with Gasteiger partial charge in [0.15, 0.2) is 0 Å². The Hall–Kier alpha value is -2.46. The van der Waals surface area contributed by atoms with Gasteiger partial charge in [0.05, 0.1) is 11.6 Å². The van der Waals surface area contributed by atoms with Gasteiger partial charge in [0.2, 0.25) is 5.91 Å². The van der Waals surface area contributed by atoms with Gasteiger partial charge >= 0.3 is 0 Å². The SMILES string of the molecule is CCC(C(=O)NCCc1csc(-c2ccccc2)n1)c1ccccc1. The number of thiazole rings is 1. The van der Waals surface area contributed by atoms with Crippen LogP contribution in [-0.2, 0) is 11.2 Å². The Balaban J connectivity index is 1.54. The number of carbonyl (C=O) groups excluding carboxylic acids is 1. The molecule has 3 rings (SSSR count). The summed E-state index contributed by atoms with van der Waals surface area (Å²) in [4.78, 5) is 17.1. The van der Waals surface area contributed by atoms with Gasteiger partial charge in [-0.15, -0.1) is 11.3 Å². The van der Waals surface area contributed by atoms with E-state index < -0.39 is 0 Å². The molecule has 1 N–H and O–H groups in total. The van der Waals surface area contributed by atoms with Crippen molar-refractivity contribution in [2.75, 3.05) is 6.54 Å². The smallest absolute Gasteiger partial charge is 0.227 e. The van der Waals surface area contributed by atoms with E-state index in [9.17, 15) is 4.79 Å². The highest BCUT2D eigenvalue weighted by molar-refractivity contribution is 7.13. The van der Waals surface area contributed by atoms with E-state index in [4.69, 9.17) is 0 Å². The second-order valence-electron chi connectivity index (χ2n) is 5.92. The van der Waals surface area contributed by atoms with Crippen molar-refractivity contribution in [2.45, 2.75) is 25.7 Å². The molecule has 1 heterocycles. The third-order valence-corrected chi connectivity index (χ3v) is 5.12. The van der Waals surface area contributed by atoms with Crippen molar-refractivity contribution in [3.8, 4) is 10.6 Å². The summed E-state index contributed by atoms with van der Waals surface area (Å²) >= 11 is 1.65. The predicted octanol–water partition coefficient (Wildman–Crippen LogP) is 4.66. The molecule has 1 unspecified atom stereocenters. The maximum atomic E-state index is 12.5. The van der Waals surface area contributed by atoms with E-state index in [2.05, 4.69) is 27.8 Å². The predicted molar refractivity (Wildman–Crippen MR) is 104 cm³/mol. The van der Waals surface area contributed by atoms with Crippen LogP contribution in [0.15, 0.2) is 66.0 Å². The third kappa shape index (κ3) is 4.54. The number of aromatic nitrogens is 1. The Morgan fingerprint density at radius 1 is 1.08 bits per heavy atom. The fourth-order valence-corrected chi connectivity index (χ4v) is 3.69. The minimum atomic E-state index is -0.0866. The summed E-state index contributed by atoms with van der Waals surface area (Å²) in [5.74, 6) is 0.00345.